The van der Waals surface area contributed by atoms with Crippen molar-refractivity contribution in [2.75, 3.05) is 24.5 Å². The van der Waals surface area contributed by atoms with Crippen molar-refractivity contribution in [1.29, 1.82) is 5.26 Å². The van der Waals surface area contributed by atoms with E-state index in [1.54, 1.807) is 6.20 Å². The first-order valence-electron chi connectivity index (χ1n) is 6.68. The van der Waals surface area contributed by atoms with E-state index in [1.807, 2.05) is 12.1 Å². The highest BCUT2D eigenvalue weighted by Gasteiger charge is 2.18. The zero-order chi connectivity index (χ0) is 12.8. The number of hydrogen-bond donors (Lipinski definition) is 1. The normalized spacial score (nSPS) is 18.6. The molecule has 0 spiro atoms. The minimum Gasteiger partial charge on any atom is -0.355 e. The Balaban J connectivity index is 2.05. The van der Waals surface area contributed by atoms with Gasteiger partial charge in [0.15, 0.2) is 0 Å². The van der Waals surface area contributed by atoms with E-state index in [4.69, 9.17) is 5.26 Å². The van der Waals surface area contributed by atoms with Crippen molar-refractivity contribution in [3.63, 3.8) is 0 Å². The van der Waals surface area contributed by atoms with E-state index in [0.717, 1.165) is 31.9 Å². The van der Waals surface area contributed by atoms with Gasteiger partial charge < -0.3 is 10.2 Å². The molecular weight excluding hydrogens is 224 g/mol. The Morgan fingerprint density at radius 2 is 2.44 bits per heavy atom. The largest absolute Gasteiger partial charge is 0.355 e. The van der Waals surface area contributed by atoms with Crippen LogP contribution < -0.4 is 10.2 Å². The lowest BCUT2D eigenvalue weighted by Gasteiger charge is -2.26. The van der Waals surface area contributed by atoms with Crippen LogP contribution >= 0.6 is 0 Å². The van der Waals surface area contributed by atoms with E-state index in [2.05, 4.69) is 28.2 Å². The summed E-state index contributed by atoms with van der Waals surface area (Å²) in [5.41, 5.74) is 0.620. The van der Waals surface area contributed by atoms with E-state index in [9.17, 15) is 0 Å². The number of nitrogens with one attached hydrogen (secondary N) is 1. The van der Waals surface area contributed by atoms with Crippen LogP contribution in [0.25, 0.3) is 0 Å². The summed E-state index contributed by atoms with van der Waals surface area (Å²) >= 11 is 0. The second kappa shape index (κ2) is 6.36. The number of anilines is 1. The van der Waals surface area contributed by atoms with E-state index in [-0.39, 0.29) is 0 Å². The van der Waals surface area contributed by atoms with Crippen LogP contribution in [0.2, 0.25) is 0 Å². The van der Waals surface area contributed by atoms with Crippen LogP contribution in [0.3, 0.4) is 0 Å². The van der Waals surface area contributed by atoms with Gasteiger partial charge in [0.05, 0.1) is 5.56 Å². The van der Waals surface area contributed by atoms with Crippen LogP contribution in [0.1, 0.15) is 31.7 Å². The summed E-state index contributed by atoms with van der Waals surface area (Å²) < 4.78 is 0. The summed E-state index contributed by atoms with van der Waals surface area (Å²) in [6, 6.07) is 6.47. The molecule has 4 nitrogen and oxygen atoms in total. The molecule has 1 aromatic rings. The standard InChI is InChI=1S/C14H20N4/c1-2-8-18(11-13-4-3-7-16-13)14-6-5-12(9-15)10-17-14/h5-6,10,13,16H,2-4,7-8,11H2,1H3. The Morgan fingerprint density at radius 3 is 3.00 bits per heavy atom. The van der Waals surface area contributed by atoms with Gasteiger partial charge in [-0.2, -0.15) is 5.26 Å². The molecule has 1 fully saturated rings. The molecule has 0 amide bonds. The van der Waals surface area contributed by atoms with Crippen molar-refractivity contribution in [3.05, 3.63) is 23.9 Å². The number of rotatable bonds is 5. The van der Waals surface area contributed by atoms with Gasteiger partial charge in [-0.25, -0.2) is 4.98 Å². The van der Waals surface area contributed by atoms with E-state index in [0.29, 0.717) is 11.6 Å². The Morgan fingerprint density at radius 1 is 1.56 bits per heavy atom. The second-order valence-electron chi connectivity index (χ2n) is 4.76. The molecule has 0 aromatic carbocycles. The molecule has 96 valence electrons. The fourth-order valence-corrected chi connectivity index (χ4v) is 2.39. The highest BCUT2D eigenvalue weighted by Crippen LogP contribution is 2.15. The number of hydrogen-bond acceptors (Lipinski definition) is 4. The van der Waals surface area contributed by atoms with Crippen molar-refractivity contribution in [2.45, 2.75) is 32.2 Å². The Bertz CT molecular complexity index is 401. The third-order valence-corrected chi connectivity index (χ3v) is 3.30. The smallest absolute Gasteiger partial charge is 0.128 e. The van der Waals surface area contributed by atoms with E-state index >= 15 is 0 Å². The molecule has 1 aliphatic rings. The van der Waals surface area contributed by atoms with E-state index < -0.39 is 0 Å². The van der Waals surface area contributed by atoms with Crippen molar-refractivity contribution < 1.29 is 0 Å². The lowest BCUT2D eigenvalue weighted by molar-refractivity contribution is 0.575. The lowest BCUT2D eigenvalue weighted by Crippen LogP contribution is -2.38. The van der Waals surface area contributed by atoms with Gasteiger partial charge in [0.1, 0.15) is 11.9 Å². The zero-order valence-electron chi connectivity index (χ0n) is 10.9. The van der Waals surface area contributed by atoms with Crippen LogP contribution in [-0.4, -0.2) is 30.7 Å². The van der Waals surface area contributed by atoms with Crippen LogP contribution in [0.5, 0.6) is 0 Å². The number of pyridine rings is 1. The first-order chi connectivity index (χ1) is 8.83. The van der Waals surface area contributed by atoms with Gasteiger partial charge in [-0.3, -0.25) is 0 Å². The highest BCUT2D eigenvalue weighted by molar-refractivity contribution is 5.42. The molecular formula is C14H20N4. The van der Waals surface area contributed by atoms with Crippen LogP contribution in [0.4, 0.5) is 5.82 Å². The lowest BCUT2D eigenvalue weighted by atomic mass is 10.2. The maximum Gasteiger partial charge on any atom is 0.128 e. The predicted molar refractivity (Wildman–Crippen MR) is 72.5 cm³/mol. The van der Waals surface area contributed by atoms with Gasteiger partial charge in [-0.05, 0) is 37.9 Å². The third kappa shape index (κ3) is 3.21. The summed E-state index contributed by atoms with van der Waals surface area (Å²) in [4.78, 5) is 6.70. The van der Waals surface area contributed by atoms with Crippen molar-refractivity contribution in [2.24, 2.45) is 0 Å². The monoisotopic (exact) mass is 244 g/mol. The topological polar surface area (TPSA) is 52.0 Å². The number of nitrogens with zero attached hydrogens (tertiary/aromatic N) is 3. The third-order valence-electron chi connectivity index (χ3n) is 3.30. The number of aromatic nitrogens is 1. The van der Waals surface area contributed by atoms with Crippen LogP contribution in [0, 0.1) is 11.3 Å². The Kier molecular flexibility index (Phi) is 4.54. The van der Waals surface area contributed by atoms with Crippen molar-refractivity contribution in [1.82, 2.24) is 10.3 Å². The summed E-state index contributed by atoms with van der Waals surface area (Å²) in [6.07, 6.45) is 5.27. The average Bonchev–Trinajstić information content (AvgIpc) is 2.91. The molecule has 1 N–H and O–H groups in total. The summed E-state index contributed by atoms with van der Waals surface area (Å²) in [5, 5.41) is 12.3. The molecule has 4 heteroatoms. The van der Waals surface area contributed by atoms with Gasteiger partial charge in [0, 0.05) is 25.3 Å². The highest BCUT2D eigenvalue weighted by atomic mass is 15.2. The molecule has 2 heterocycles. The maximum atomic E-state index is 8.79. The van der Waals surface area contributed by atoms with Gasteiger partial charge in [-0.1, -0.05) is 6.92 Å². The SMILES string of the molecule is CCCN(CC1CCCN1)c1ccc(C#N)cn1. The average molecular weight is 244 g/mol. The molecule has 0 saturated carbocycles. The summed E-state index contributed by atoms with van der Waals surface area (Å²) in [7, 11) is 0. The first kappa shape index (κ1) is 12.8. The van der Waals surface area contributed by atoms with Gasteiger partial charge in [0.2, 0.25) is 0 Å². The van der Waals surface area contributed by atoms with Crippen molar-refractivity contribution in [3.8, 4) is 6.07 Å². The minimum absolute atomic E-state index is 0.578. The van der Waals surface area contributed by atoms with Crippen molar-refractivity contribution >= 4 is 5.82 Å². The molecule has 1 saturated heterocycles. The number of nitriles is 1. The first-order valence-corrected chi connectivity index (χ1v) is 6.68. The van der Waals surface area contributed by atoms with E-state index in [1.165, 1.54) is 12.8 Å². The maximum absolute atomic E-state index is 8.79. The zero-order valence-corrected chi connectivity index (χ0v) is 10.9. The molecule has 2 rings (SSSR count). The van der Waals surface area contributed by atoms with Gasteiger partial charge in [-0.15, -0.1) is 0 Å². The minimum atomic E-state index is 0.578. The predicted octanol–water partition coefficient (Wildman–Crippen LogP) is 1.92. The molecule has 1 aliphatic heterocycles. The van der Waals surface area contributed by atoms with Crippen LogP contribution in [0.15, 0.2) is 18.3 Å². The van der Waals surface area contributed by atoms with Gasteiger partial charge in [0.25, 0.3) is 0 Å². The molecule has 1 unspecified atom stereocenters. The Hall–Kier alpha value is -1.60. The molecule has 1 atom stereocenters. The Labute approximate surface area is 109 Å². The summed E-state index contributed by atoms with van der Waals surface area (Å²) in [6.45, 7) is 5.33. The van der Waals surface area contributed by atoms with Crippen LogP contribution in [-0.2, 0) is 0 Å². The molecule has 1 aromatic heterocycles. The quantitative estimate of drug-likeness (QED) is 0.859. The molecule has 0 radical (unpaired) electrons. The fourth-order valence-electron chi connectivity index (χ4n) is 2.39. The molecule has 0 aliphatic carbocycles. The molecule has 0 bridgehead atoms. The molecule has 18 heavy (non-hydrogen) atoms. The fraction of sp³-hybridized carbons (Fsp3) is 0.571. The summed E-state index contributed by atoms with van der Waals surface area (Å²) in [5.74, 6) is 0.976. The van der Waals surface area contributed by atoms with Gasteiger partial charge >= 0.3 is 0 Å². The second-order valence-corrected chi connectivity index (χ2v) is 4.76.